The van der Waals surface area contributed by atoms with Crippen molar-refractivity contribution in [3.05, 3.63) is 63.1 Å². The molecular weight excluding hydrogens is 439 g/mol. The Morgan fingerprint density at radius 3 is 2.41 bits per heavy atom. The van der Waals surface area contributed by atoms with Gasteiger partial charge >= 0.3 is 5.97 Å². The summed E-state index contributed by atoms with van der Waals surface area (Å²) in [6.07, 6.45) is 0. The van der Waals surface area contributed by atoms with Gasteiger partial charge in [-0.15, -0.1) is 0 Å². The van der Waals surface area contributed by atoms with Crippen LogP contribution < -0.4 is 0 Å². The van der Waals surface area contributed by atoms with E-state index in [0.717, 1.165) is 6.07 Å². The minimum atomic E-state index is -3.92. The van der Waals surface area contributed by atoms with Gasteiger partial charge in [0, 0.05) is 13.1 Å². The predicted octanol–water partition coefficient (Wildman–Crippen LogP) is 3.24. The molecule has 0 saturated carbocycles. The Morgan fingerprint density at radius 1 is 1.14 bits per heavy atom. The van der Waals surface area contributed by atoms with Gasteiger partial charge in [0.1, 0.15) is 11.5 Å². The molecule has 2 aromatic carbocycles. The number of nitriles is 1. The summed E-state index contributed by atoms with van der Waals surface area (Å²) in [5, 5.41) is 8.72. The number of rotatable bonds is 5. The van der Waals surface area contributed by atoms with Crippen molar-refractivity contribution in [2.45, 2.75) is 11.5 Å². The standard InChI is InChI=1S/C19H16Cl2N2O5S/c20-16-10-17(21)18(29(25,26)23-5-7-27-8-6-23)9-15(16)19(24)28-12-14-3-1-13(11-22)2-4-14/h1-4,9-10H,5-8,12H2. The van der Waals surface area contributed by atoms with Gasteiger partial charge in [0.2, 0.25) is 10.0 Å². The van der Waals surface area contributed by atoms with E-state index < -0.39 is 16.0 Å². The Hall–Kier alpha value is -2.15. The minimum Gasteiger partial charge on any atom is -0.457 e. The summed E-state index contributed by atoms with van der Waals surface area (Å²) < 4.78 is 37.5. The zero-order chi connectivity index (χ0) is 21.0. The molecule has 1 aliphatic heterocycles. The number of benzene rings is 2. The Kier molecular flexibility index (Phi) is 6.77. The monoisotopic (exact) mass is 454 g/mol. The highest BCUT2D eigenvalue weighted by atomic mass is 35.5. The number of morpholine rings is 1. The van der Waals surface area contributed by atoms with Crippen molar-refractivity contribution in [1.29, 1.82) is 5.26 Å². The van der Waals surface area contributed by atoms with E-state index in [-0.39, 0.29) is 53.4 Å². The molecule has 0 N–H and O–H groups in total. The number of halogens is 2. The Bertz CT molecular complexity index is 1060. The molecule has 1 saturated heterocycles. The highest BCUT2D eigenvalue weighted by Crippen LogP contribution is 2.31. The van der Waals surface area contributed by atoms with E-state index in [1.54, 1.807) is 24.3 Å². The zero-order valence-electron chi connectivity index (χ0n) is 15.1. The fourth-order valence-corrected chi connectivity index (χ4v) is 4.94. The first-order chi connectivity index (χ1) is 13.8. The Labute approximate surface area is 178 Å². The number of ether oxygens (including phenoxy) is 2. The molecule has 0 atom stereocenters. The number of carbonyl (C=O) groups is 1. The van der Waals surface area contributed by atoms with E-state index in [1.165, 1.54) is 10.4 Å². The lowest BCUT2D eigenvalue weighted by Gasteiger charge is -2.26. The van der Waals surface area contributed by atoms with E-state index >= 15 is 0 Å². The third-order valence-corrected chi connectivity index (χ3v) is 6.96. The number of hydrogen-bond donors (Lipinski definition) is 0. The van der Waals surface area contributed by atoms with Crippen molar-refractivity contribution in [3.8, 4) is 6.07 Å². The van der Waals surface area contributed by atoms with Gasteiger partial charge in [-0.2, -0.15) is 9.57 Å². The maximum Gasteiger partial charge on any atom is 0.340 e. The molecule has 3 rings (SSSR count). The lowest BCUT2D eigenvalue weighted by molar-refractivity contribution is 0.0472. The molecule has 7 nitrogen and oxygen atoms in total. The molecule has 152 valence electrons. The zero-order valence-corrected chi connectivity index (χ0v) is 17.4. The lowest BCUT2D eigenvalue weighted by atomic mass is 10.1. The van der Waals surface area contributed by atoms with Crippen molar-refractivity contribution in [3.63, 3.8) is 0 Å². The second kappa shape index (κ2) is 9.11. The normalized spacial score (nSPS) is 14.9. The summed E-state index contributed by atoms with van der Waals surface area (Å²) in [5.41, 5.74) is 1.05. The lowest BCUT2D eigenvalue weighted by Crippen LogP contribution is -2.40. The summed E-state index contributed by atoms with van der Waals surface area (Å²) in [7, 11) is -3.92. The molecular formula is C19H16Cl2N2O5S. The Morgan fingerprint density at radius 2 is 1.79 bits per heavy atom. The predicted molar refractivity (Wildman–Crippen MR) is 106 cm³/mol. The van der Waals surface area contributed by atoms with Gasteiger partial charge in [-0.3, -0.25) is 0 Å². The van der Waals surface area contributed by atoms with Crippen LogP contribution in [-0.2, 0) is 26.1 Å². The Balaban J connectivity index is 1.82. The molecule has 0 aromatic heterocycles. The van der Waals surface area contributed by atoms with Gasteiger partial charge < -0.3 is 9.47 Å². The average Bonchev–Trinajstić information content (AvgIpc) is 2.73. The second-order valence-corrected chi connectivity index (χ2v) is 8.88. The summed E-state index contributed by atoms with van der Waals surface area (Å²) in [6, 6.07) is 10.9. The van der Waals surface area contributed by atoms with Crippen LogP contribution in [0.1, 0.15) is 21.5 Å². The number of nitrogens with zero attached hydrogens (tertiary/aromatic N) is 2. The molecule has 0 bridgehead atoms. The largest absolute Gasteiger partial charge is 0.457 e. The number of carbonyl (C=O) groups excluding carboxylic acids is 1. The topological polar surface area (TPSA) is 96.7 Å². The van der Waals surface area contributed by atoms with E-state index in [1.807, 2.05) is 6.07 Å². The van der Waals surface area contributed by atoms with Crippen molar-refractivity contribution in [2.24, 2.45) is 0 Å². The first-order valence-electron chi connectivity index (χ1n) is 8.56. The van der Waals surface area contributed by atoms with Crippen LogP contribution in [0.5, 0.6) is 0 Å². The first-order valence-corrected chi connectivity index (χ1v) is 10.8. The minimum absolute atomic E-state index is 0.0132. The van der Waals surface area contributed by atoms with E-state index in [9.17, 15) is 13.2 Å². The summed E-state index contributed by atoms with van der Waals surface area (Å²) in [5.74, 6) is -0.783. The third-order valence-electron chi connectivity index (χ3n) is 4.28. The molecule has 0 amide bonds. The average molecular weight is 455 g/mol. The highest BCUT2D eigenvalue weighted by Gasteiger charge is 2.30. The third kappa shape index (κ3) is 4.89. The van der Waals surface area contributed by atoms with E-state index in [2.05, 4.69) is 0 Å². The fraction of sp³-hybridized carbons (Fsp3) is 0.263. The van der Waals surface area contributed by atoms with Crippen molar-refractivity contribution >= 4 is 39.2 Å². The van der Waals surface area contributed by atoms with Gasteiger partial charge in [0.05, 0.1) is 40.5 Å². The summed E-state index contributed by atoms with van der Waals surface area (Å²) in [6.45, 7) is 0.891. The number of esters is 1. The summed E-state index contributed by atoms with van der Waals surface area (Å²) >= 11 is 12.2. The quantitative estimate of drug-likeness (QED) is 0.643. The first kappa shape index (κ1) is 21.6. The van der Waals surface area contributed by atoms with Crippen LogP contribution in [0, 0.1) is 11.3 Å². The van der Waals surface area contributed by atoms with Crippen molar-refractivity contribution in [1.82, 2.24) is 4.31 Å². The van der Waals surface area contributed by atoms with Crippen LogP contribution in [0.4, 0.5) is 0 Å². The molecule has 1 fully saturated rings. The van der Waals surface area contributed by atoms with Gasteiger partial charge in [0.25, 0.3) is 0 Å². The maximum absolute atomic E-state index is 12.9. The molecule has 0 unspecified atom stereocenters. The second-order valence-electron chi connectivity index (χ2n) is 6.16. The maximum atomic E-state index is 12.9. The highest BCUT2D eigenvalue weighted by molar-refractivity contribution is 7.89. The van der Waals surface area contributed by atoms with Crippen LogP contribution in [0.25, 0.3) is 0 Å². The van der Waals surface area contributed by atoms with Gasteiger partial charge in [-0.25, -0.2) is 13.2 Å². The van der Waals surface area contributed by atoms with Crippen LogP contribution in [0.15, 0.2) is 41.3 Å². The number of sulfonamides is 1. The molecule has 2 aromatic rings. The molecule has 0 aliphatic carbocycles. The van der Waals surface area contributed by atoms with E-state index in [0.29, 0.717) is 11.1 Å². The van der Waals surface area contributed by atoms with Crippen LogP contribution >= 0.6 is 23.2 Å². The van der Waals surface area contributed by atoms with Crippen LogP contribution in [0.2, 0.25) is 10.0 Å². The SMILES string of the molecule is N#Cc1ccc(COC(=O)c2cc(S(=O)(=O)N3CCOCC3)c(Cl)cc2Cl)cc1. The van der Waals surface area contributed by atoms with Gasteiger partial charge in [0.15, 0.2) is 0 Å². The van der Waals surface area contributed by atoms with Gasteiger partial charge in [-0.1, -0.05) is 35.3 Å². The molecule has 1 aliphatic rings. The fourth-order valence-electron chi connectivity index (χ4n) is 2.71. The molecule has 29 heavy (non-hydrogen) atoms. The van der Waals surface area contributed by atoms with Crippen molar-refractivity contribution in [2.75, 3.05) is 26.3 Å². The summed E-state index contributed by atoms with van der Waals surface area (Å²) in [4.78, 5) is 12.3. The van der Waals surface area contributed by atoms with Gasteiger partial charge in [-0.05, 0) is 29.8 Å². The molecule has 0 spiro atoms. The van der Waals surface area contributed by atoms with Crippen LogP contribution in [-0.4, -0.2) is 45.0 Å². The molecule has 1 heterocycles. The molecule has 0 radical (unpaired) electrons. The van der Waals surface area contributed by atoms with Crippen LogP contribution in [0.3, 0.4) is 0 Å². The smallest absolute Gasteiger partial charge is 0.340 e. The van der Waals surface area contributed by atoms with E-state index in [4.69, 9.17) is 37.9 Å². The molecule has 10 heteroatoms. The number of hydrogen-bond acceptors (Lipinski definition) is 6. The van der Waals surface area contributed by atoms with Crippen molar-refractivity contribution < 1.29 is 22.7 Å².